The summed E-state index contributed by atoms with van der Waals surface area (Å²) < 4.78 is 41.3. The van der Waals surface area contributed by atoms with E-state index < -0.39 is 50.0 Å². The second-order valence-corrected chi connectivity index (χ2v) is 7.53. The van der Waals surface area contributed by atoms with E-state index in [1.165, 1.54) is 18.3 Å². The van der Waals surface area contributed by atoms with Gasteiger partial charge in [-0.3, -0.25) is 14.6 Å². The molecule has 1 aliphatic heterocycles. The van der Waals surface area contributed by atoms with E-state index in [0.717, 1.165) is 0 Å². The molecular formula is C21H21BF2N2O7. The highest BCUT2D eigenvalue weighted by Gasteiger charge is 2.39. The molecule has 1 atom stereocenters. The average molecular weight is 462 g/mol. The van der Waals surface area contributed by atoms with Crippen LogP contribution in [0.25, 0.3) is 0 Å². The van der Waals surface area contributed by atoms with Gasteiger partial charge < -0.3 is 24.5 Å². The molecule has 1 amide bonds. The van der Waals surface area contributed by atoms with E-state index in [1.54, 1.807) is 24.4 Å². The number of para-hydroxylation sites is 1. The van der Waals surface area contributed by atoms with Gasteiger partial charge in [-0.2, -0.15) is 0 Å². The van der Waals surface area contributed by atoms with Crippen molar-refractivity contribution >= 4 is 25.0 Å². The van der Waals surface area contributed by atoms with Crippen LogP contribution in [0.1, 0.15) is 34.8 Å². The molecule has 9 nitrogen and oxygen atoms in total. The number of amides is 1. The highest BCUT2D eigenvalue weighted by Crippen LogP contribution is 2.31. The van der Waals surface area contributed by atoms with Gasteiger partial charge in [-0.25, -0.2) is 13.6 Å². The highest BCUT2D eigenvalue weighted by atomic mass is 19.3. The molecule has 1 aliphatic rings. The first-order chi connectivity index (χ1) is 15.6. The molecule has 0 unspecified atom stereocenters. The van der Waals surface area contributed by atoms with Gasteiger partial charge in [-0.1, -0.05) is 18.2 Å². The van der Waals surface area contributed by atoms with E-state index in [0.29, 0.717) is 18.1 Å². The maximum Gasteiger partial charge on any atom is 0.547 e. The van der Waals surface area contributed by atoms with Gasteiger partial charge in [-0.15, -0.1) is 0 Å². The lowest BCUT2D eigenvalue weighted by atomic mass is 9.72. The van der Waals surface area contributed by atoms with Crippen LogP contribution >= 0.6 is 0 Å². The van der Waals surface area contributed by atoms with Gasteiger partial charge in [0, 0.05) is 12.4 Å². The van der Waals surface area contributed by atoms with Crippen LogP contribution in [0.15, 0.2) is 42.7 Å². The first-order valence-electron chi connectivity index (χ1n) is 9.98. The lowest BCUT2D eigenvalue weighted by Gasteiger charge is -2.29. The van der Waals surface area contributed by atoms with E-state index in [9.17, 15) is 28.2 Å². The van der Waals surface area contributed by atoms with Crippen LogP contribution in [0, 0.1) is 0 Å². The van der Waals surface area contributed by atoms with Gasteiger partial charge in [0.05, 0.1) is 18.8 Å². The first kappa shape index (κ1) is 24.1. The summed E-state index contributed by atoms with van der Waals surface area (Å²) in [5, 5.41) is 12.5. The van der Waals surface area contributed by atoms with E-state index in [4.69, 9.17) is 14.1 Å². The highest BCUT2D eigenvalue weighted by molar-refractivity contribution is 6.47. The standard InChI is InChI=1S/C21H21BF2N2O7/c1-21(23,24)10-17(27)26-16-9-14-5-2-6-15(19(14)33-22(16)30)20(29)32-12-31-18(28)8-13-4-3-7-25-11-13/h2-7,11,16,30H,8-10,12H2,1H3,(H,26,27)/t16-/m0/s1. The number of benzene rings is 1. The molecule has 0 saturated carbocycles. The van der Waals surface area contributed by atoms with Gasteiger partial charge in [-0.05, 0) is 36.6 Å². The van der Waals surface area contributed by atoms with Crippen LogP contribution < -0.4 is 9.97 Å². The third kappa shape index (κ3) is 6.97. The summed E-state index contributed by atoms with van der Waals surface area (Å²) >= 11 is 0. The molecule has 2 aromatic rings. The molecule has 2 N–H and O–H groups in total. The number of rotatable bonds is 8. The largest absolute Gasteiger partial charge is 0.547 e. The maximum atomic E-state index is 13.0. The number of halogens is 2. The minimum Gasteiger partial charge on any atom is -0.534 e. The fourth-order valence-corrected chi connectivity index (χ4v) is 3.20. The Kier molecular flexibility index (Phi) is 7.59. The summed E-state index contributed by atoms with van der Waals surface area (Å²) in [7, 11) is -1.57. The number of nitrogens with one attached hydrogen (secondary N) is 1. The molecule has 12 heteroatoms. The minimum absolute atomic E-state index is 0.0280. The van der Waals surface area contributed by atoms with Crippen molar-refractivity contribution < 1.29 is 42.3 Å². The maximum absolute atomic E-state index is 13.0. The van der Waals surface area contributed by atoms with Gasteiger partial charge >= 0.3 is 19.1 Å². The fraction of sp³-hybridized carbons (Fsp3) is 0.333. The summed E-state index contributed by atoms with van der Waals surface area (Å²) in [4.78, 5) is 39.9. The van der Waals surface area contributed by atoms with Crippen LogP contribution in [0.5, 0.6) is 5.75 Å². The Balaban J connectivity index is 1.57. The van der Waals surface area contributed by atoms with Gasteiger partial charge in [0.15, 0.2) is 0 Å². The lowest BCUT2D eigenvalue weighted by Crippen LogP contribution is -2.53. The number of carbonyl (C=O) groups is 3. The Morgan fingerprint density at radius 2 is 2.06 bits per heavy atom. The molecule has 0 radical (unpaired) electrons. The van der Waals surface area contributed by atoms with Gasteiger partial charge in [0.2, 0.25) is 12.7 Å². The second kappa shape index (κ2) is 10.4. The summed E-state index contributed by atoms with van der Waals surface area (Å²) in [6, 6.07) is 7.89. The minimum atomic E-state index is -3.19. The molecule has 1 aromatic carbocycles. The summed E-state index contributed by atoms with van der Waals surface area (Å²) in [5.74, 6) is -6.56. The van der Waals surface area contributed by atoms with Crippen molar-refractivity contribution in [1.29, 1.82) is 0 Å². The molecule has 1 aromatic heterocycles. The molecule has 0 fully saturated rings. The summed E-state index contributed by atoms with van der Waals surface area (Å²) in [6.07, 6.45) is 2.04. The monoisotopic (exact) mass is 462 g/mol. The van der Waals surface area contributed by atoms with Crippen LogP contribution in [0.2, 0.25) is 0 Å². The zero-order chi connectivity index (χ0) is 24.0. The number of ether oxygens (including phenoxy) is 2. The van der Waals surface area contributed by atoms with Crippen LogP contribution in [-0.2, 0) is 31.9 Å². The van der Waals surface area contributed by atoms with Crippen molar-refractivity contribution in [3.8, 4) is 5.75 Å². The quantitative estimate of drug-likeness (QED) is 0.344. The van der Waals surface area contributed by atoms with E-state index >= 15 is 0 Å². The van der Waals surface area contributed by atoms with Crippen molar-refractivity contribution in [3.05, 3.63) is 59.4 Å². The zero-order valence-electron chi connectivity index (χ0n) is 17.6. The van der Waals surface area contributed by atoms with Crippen LogP contribution in [-0.4, -0.2) is 53.6 Å². The molecule has 0 aliphatic carbocycles. The molecule has 174 valence electrons. The summed E-state index contributed by atoms with van der Waals surface area (Å²) in [5.41, 5.74) is 1.06. The number of fused-ring (bicyclic) bond motifs is 1. The number of carbonyl (C=O) groups excluding carboxylic acids is 3. The number of pyridine rings is 1. The Labute approximate surface area is 188 Å². The predicted octanol–water partition coefficient (Wildman–Crippen LogP) is 1.47. The number of aromatic nitrogens is 1. The van der Waals surface area contributed by atoms with Crippen LogP contribution in [0.3, 0.4) is 0 Å². The average Bonchev–Trinajstić information content (AvgIpc) is 2.73. The first-order valence-corrected chi connectivity index (χ1v) is 9.98. The number of esters is 2. The molecule has 0 bridgehead atoms. The van der Waals surface area contributed by atoms with Crippen molar-refractivity contribution in [1.82, 2.24) is 10.3 Å². The van der Waals surface area contributed by atoms with Crippen molar-refractivity contribution in [2.75, 3.05) is 6.79 Å². The van der Waals surface area contributed by atoms with Crippen molar-refractivity contribution in [2.45, 2.75) is 38.0 Å². The number of hydrogen-bond acceptors (Lipinski definition) is 8. The normalized spacial score (nSPS) is 15.2. The van der Waals surface area contributed by atoms with Crippen LogP contribution in [0.4, 0.5) is 8.78 Å². The van der Waals surface area contributed by atoms with E-state index in [2.05, 4.69) is 10.3 Å². The number of nitrogens with zero attached hydrogens (tertiary/aromatic N) is 1. The molecule has 33 heavy (non-hydrogen) atoms. The third-order valence-corrected chi connectivity index (χ3v) is 4.64. The lowest BCUT2D eigenvalue weighted by molar-refractivity contribution is -0.151. The number of alkyl halides is 2. The molecular weight excluding hydrogens is 441 g/mol. The molecule has 2 heterocycles. The topological polar surface area (TPSA) is 124 Å². The Morgan fingerprint density at radius 1 is 1.27 bits per heavy atom. The SMILES string of the molecule is CC(F)(F)CC(=O)N[C@H]1Cc2cccc(C(=O)OCOC(=O)Cc3cccnc3)c2OB1O. The molecule has 0 spiro atoms. The Hall–Kier alpha value is -3.54. The Bertz CT molecular complexity index is 1020. The van der Waals surface area contributed by atoms with Gasteiger partial charge in [0.25, 0.3) is 5.92 Å². The predicted molar refractivity (Wildman–Crippen MR) is 110 cm³/mol. The smallest absolute Gasteiger partial charge is 0.534 e. The van der Waals surface area contributed by atoms with Gasteiger partial charge in [0.1, 0.15) is 11.3 Å². The third-order valence-electron chi connectivity index (χ3n) is 4.64. The molecule has 0 saturated heterocycles. The Morgan fingerprint density at radius 3 is 2.76 bits per heavy atom. The van der Waals surface area contributed by atoms with Crippen molar-refractivity contribution in [3.63, 3.8) is 0 Å². The fourth-order valence-electron chi connectivity index (χ4n) is 3.20. The van der Waals surface area contributed by atoms with Crippen molar-refractivity contribution in [2.24, 2.45) is 0 Å². The van der Waals surface area contributed by atoms with E-state index in [-0.39, 0.29) is 24.2 Å². The number of hydrogen-bond donors (Lipinski definition) is 2. The molecule has 3 rings (SSSR count). The summed E-state index contributed by atoms with van der Waals surface area (Å²) in [6.45, 7) is -0.0161. The van der Waals surface area contributed by atoms with E-state index in [1.807, 2.05) is 0 Å². The zero-order valence-corrected chi connectivity index (χ0v) is 17.6. The second-order valence-electron chi connectivity index (χ2n) is 7.53.